The molecule has 3 aromatic rings. The van der Waals surface area contributed by atoms with Gasteiger partial charge in [0.05, 0.1) is 24.3 Å². The second kappa shape index (κ2) is 13.7. The minimum atomic E-state index is -0.381. The van der Waals surface area contributed by atoms with Gasteiger partial charge in [0.2, 0.25) is 17.7 Å². The summed E-state index contributed by atoms with van der Waals surface area (Å²) in [5.74, 6) is 0.0212. The quantitative estimate of drug-likeness (QED) is 0.382. The van der Waals surface area contributed by atoms with E-state index in [4.69, 9.17) is 4.74 Å². The lowest BCUT2D eigenvalue weighted by molar-refractivity contribution is -0.132. The Bertz CT molecular complexity index is 1630. The van der Waals surface area contributed by atoms with Crippen LogP contribution in [0.1, 0.15) is 74.3 Å². The van der Waals surface area contributed by atoms with Crippen LogP contribution in [0.4, 0.5) is 10.5 Å². The van der Waals surface area contributed by atoms with Crippen molar-refractivity contribution < 1.29 is 23.9 Å². The maximum absolute atomic E-state index is 13.2. The van der Waals surface area contributed by atoms with Gasteiger partial charge in [0, 0.05) is 68.8 Å². The van der Waals surface area contributed by atoms with Gasteiger partial charge in [-0.05, 0) is 49.9 Å². The Kier molecular flexibility index (Phi) is 9.05. The van der Waals surface area contributed by atoms with Gasteiger partial charge in [0.25, 0.3) is 5.91 Å². The van der Waals surface area contributed by atoms with Crippen LogP contribution in [-0.4, -0.2) is 99.7 Å². The third-order valence-corrected chi connectivity index (χ3v) is 9.99. The summed E-state index contributed by atoms with van der Waals surface area (Å²) in [6, 6.07) is 11.4. The summed E-state index contributed by atoms with van der Waals surface area (Å²) < 4.78 is 8.31. The molecule has 1 unspecified atom stereocenters. The molecule has 7 rings (SSSR count). The number of likely N-dealkylation sites (tertiary alicyclic amines) is 2. The third-order valence-electron chi connectivity index (χ3n) is 9.99. The summed E-state index contributed by atoms with van der Waals surface area (Å²) in [6.45, 7) is 3.51. The van der Waals surface area contributed by atoms with E-state index < -0.39 is 0 Å². The second-order valence-electron chi connectivity index (χ2n) is 13.1. The third kappa shape index (κ3) is 6.95. The van der Waals surface area contributed by atoms with Crippen molar-refractivity contribution in [1.29, 1.82) is 0 Å². The fourth-order valence-electron chi connectivity index (χ4n) is 7.40. The van der Waals surface area contributed by atoms with Crippen molar-refractivity contribution in [2.45, 2.75) is 76.0 Å². The Hall–Kier alpha value is -4.52. The Morgan fingerprint density at radius 3 is 2.51 bits per heavy atom. The number of ether oxygens (including phenoxy) is 1. The van der Waals surface area contributed by atoms with Crippen molar-refractivity contribution >= 4 is 40.3 Å². The Morgan fingerprint density at radius 2 is 1.74 bits per heavy atom. The van der Waals surface area contributed by atoms with Crippen LogP contribution in [0.2, 0.25) is 0 Å². The summed E-state index contributed by atoms with van der Waals surface area (Å²) in [7, 11) is 0. The number of nitrogens with one attached hydrogen (secondary N) is 2. The van der Waals surface area contributed by atoms with E-state index in [0.717, 1.165) is 74.6 Å². The molecule has 1 saturated carbocycles. The zero-order valence-corrected chi connectivity index (χ0v) is 26.6. The number of nitrogens with zero attached hydrogens (tertiary/aromatic N) is 6. The zero-order chi connectivity index (χ0) is 32.3. The average Bonchev–Trinajstić information content (AvgIpc) is 3.74. The van der Waals surface area contributed by atoms with E-state index in [1.807, 2.05) is 23.1 Å². The highest BCUT2D eigenvalue weighted by Crippen LogP contribution is 2.33. The first-order chi connectivity index (χ1) is 22.9. The molecule has 2 N–H and O–H groups in total. The van der Waals surface area contributed by atoms with Crippen LogP contribution in [0.15, 0.2) is 42.6 Å². The highest BCUT2D eigenvalue weighted by molar-refractivity contribution is 6.09. The van der Waals surface area contributed by atoms with Gasteiger partial charge in [-0.15, -0.1) is 10.2 Å². The molecule has 1 aromatic carbocycles. The van der Waals surface area contributed by atoms with Gasteiger partial charge >= 0.3 is 6.03 Å². The smallest absolute Gasteiger partial charge is 0.328 e. The van der Waals surface area contributed by atoms with Gasteiger partial charge in [0.15, 0.2) is 5.69 Å². The molecule has 5 amide bonds. The van der Waals surface area contributed by atoms with Gasteiger partial charge in [0.1, 0.15) is 6.10 Å². The number of hydrogen-bond donors (Lipinski definition) is 2. The van der Waals surface area contributed by atoms with Crippen molar-refractivity contribution in [3.63, 3.8) is 0 Å². The van der Waals surface area contributed by atoms with Crippen LogP contribution >= 0.6 is 0 Å². The molecule has 47 heavy (non-hydrogen) atoms. The van der Waals surface area contributed by atoms with Crippen LogP contribution in [0.3, 0.4) is 0 Å². The Labute approximate surface area is 273 Å². The van der Waals surface area contributed by atoms with E-state index in [0.29, 0.717) is 38.1 Å². The normalized spacial score (nSPS) is 21.7. The summed E-state index contributed by atoms with van der Waals surface area (Å²) in [6.07, 6.45) is 10.3. The van der Waals surface area contributed by atoms with Crippen molar-refractivity contribution in [2.24, 2.45) is 0 Å². The minimum absolute atomic E-state index is 0.102. The maximum Gasteiger partial charge on any atom is 0.328 e. The molecule has 0 bridgehead atoms. The lowest BCUT2D eigenvalue weighted by Gasteiger charge is -2.33. The molecular weight excluding hydrogens is 600 g/mol. The Balaban J connectivity index is 0.876. The molecular formula is C34H42N8O5. The first-order valence-electron chi connectivity index (χ1n) is 16.9. The van der Waals surface area contributed by atoms with Crippen LogP contribution in [-0.2, 0) is 9.59 Å². The van der Waals surface area contributed by atoms with Crippen molar-refractivity contribution in [2.75, 3.05) is 44.2 Å². The standard InChI is InChI=1S/C34H42N8O5/c43-30-15-20-42(34(46)36-30)29-8-4-7-28-26(29)14-19-41(28)24-11-16-39(17-12-24)22-32(44)40-18-13-25(21-40)47-31-10-9-27(37-38-31)33(45)35-23-5-2-1-3-6-23/h4,7-10,14,19,23-25H,1-3,5-6,11-13,15-18,20-22H2,(H,35,45)(H,36,43,46). The predicted molar refractivity (Wildman–Crippen MR) is 174 cm³/mol. The zero-order valence-electron chi connectivity index (χ0n) is 26.6. The number of imide groups is 1. The molecule has 1 aliphatic carbocycles. The molecule has 4 fully saturated rings. The van der Waals surface area contributed by atoms with Gasteiger partial charge in [-0.1, -0.05) is 25.3 Å². The molecule has 4 aliphatic rings. The predicted octanol–water partition coefficient (Wildman–Crippen LogP) is 3.26. The first kappa shape index (κ1) is 31.1. The monoisotopic (exact) mass is 642 g/mol. The van der Waals surface area contributed by atoms with E-state index in [9.17, 15) is 19.2 Å². The van der Waals surface area contributed by atoms with Crippen molar-refractivity contribution in [3.05, 3.63) is 48.3 Å². The van der Waals surface area contributed by atoms with E-state index in [2.05, 4.69) is 42.6 Å². The summed E-state index contributed by atoms with van der Waals surface area (Å²) in [5, 5.41) is 14.7. The van der Waals surface area contributed by atoms with E-state index >= 15 is 0 Å². The van der Waals surface area contributed by atoms with Crippen molar-refractivity contribution in [3.8, 4) is 5.88 Å². The fourth-order valence-corrected chi connectivity index (χ4v) is 7.40. The van der Waals surface area contributed by atoms with E-state index in [1.54, 1.807) is 17.0 Å². The molecule has 13 nitrogen and oxygen atoms in total. The van der Waals surface area contributed by atoms with Gasteiger partial charge in [-0.3, -0.25) is 29.5 Å². The van der Waals surface area contributed by atoms with Gasteiger partial charge in [-0.2, -0.15) is 0 Å². The Morgan fingerprint density at radius 1 is 0.915 bits per heavy atom. The second-order valence-corrected chi connectivity index (χ2v) is 13.1. The molecule has 1 atom stereocenters. The van der Waals surface area contributed by atoms with Crippen LogP contribution in [0.25, 0.3) is 10.9 Å². The van der Waals surface area contributed by atoms with Gasteiger partial charge in [-0.25, -0.2) is 4.79 Å². The number of benzene rings is 1. The van der Waals surface area contributed by atoms with Crippen LogP contribution in [0.5, 0.6) is 5.88 Å². The minimum Gasteiger partial charge on any atom is -0.471 e. The average molecular weight is 643 g/mol. The fraction of sp³-hybridized carbons (Fsp3) is 0.529. The first-order valence-corrected chi connectivity index (χ1v) is 16.9. The number of rotatable bonds is 8. The highest BCUT2D eigenvalue weighted by Gasteiger charge is 2.31. The van der Waals surface area contributed by atoms with Gasteiger partial charge < -0.3 is 19.5 Å². The van der Waals surface area contributed by atoms with E-state index in [-0.39, 0.29) is 48.0 Å². The molecule has 3 saturated heterocycles. The van der Waals surface area contributed by atoms with Crippen LogP contribution in [0, 0.1) is 0 Å². The number of amides is 5. The number of aromatic nitrogens is 3. The topological polar surface area (TPSA) is 142 Å². The molecule has 0 radical (unpaired) electrons. The number of anilines is 1. The lowest BCUT2D eigenvalue weighted by Crippen LogP contribution is -2.49. The molecule has 2 aromatic heterocycles. The molecule has 3 aliphatic heterocycles. The lowest BCUT2D eigenvalue weighted by atomic mass is 9.95. The van der Waals surface area contributed by atoms with Crippen molar-refractivity contribution in [1.82, 2.24) is 35.2 Å². The maximum atomic E-state index is 13.2. The highest BCUT2D eigenvalue weighted by atomic mass is 16.5. The van der Waals surface area contributed by atoms with E-state index in [1.165, 1.54) is 6.42 Å². The SMILES string of the molecule is O=C1CCN(c2cccc3c2ccn3C2CCN(CC(=O)N3CCC(Oc4ccc(C(=O)NC5CCCCC5)nn4)C3)CC2)C(=O)N1. The molecule has 5 heterocycles. The number of fused-ring (bicyclic) bond motifs is 1. The number of carbonyl (C=O) groups excluding carboxylic acids is 4. The number of piperidine rings is 1. The summed E-state index contributed by atoms with van der Waals surface area (Å²) in [4.78, 5) is 55.6. The van der Waals surface area contributed by atoms with Crippen LogP contribution < -0.4 is 20.3 Å². The summed E-state index contributed by atoms with van der Waals surface area (Å²) >= 11 is 0. The number of urea groups is 1. The number of carbonyl (C=O) groups is 4. The molecule has 0 spiro atoms. The summed E-state index contributed by atoms with van der Waals surface area (Å²) in [5.41, 5.74) is 2.16. The molecule has 248 valence electrons. The molecule has 13 heteroatoms. The number of hydrogen-bond acceptors (Lipinski definition) is 8. The largest absolute Gasteiger partial charge is 0.471 e.